The fourth-order valence-corrected chi connectivity index (χ4v) is 1.49. The second-order valence-electron chi connectivity index (χ2n) is 3.74. The highest BCUT2D eigenvalue weighted by molar-refractivity contribution is 5.91. The number of benzene rings is 1. The molecule has 0 heterocycles. The normalized spacial score (nSPS) is 10.2. The molecule has 0 aliphatic carbocycles. The summed E-state index contributed by atoms with van der Waals surface area (Å²) in [5, 5.41) is 8.56. The summed E-state index contributed by atoms with van der Waals surface area (Å²) in [6.07, 6.45) is 2.83. The molecule has 0 bridgehead atoms. The number of likely N-dealkylation sites (N-methyl/N-ethyl adjacent to an activating group) is 1. The van der Waals surface area contributed by atoms with Crippen molar-refractivity contribution >= 4 is 12.0 Å². The first-order valence-corrected chi connectivity index (χ1v) is 5.79. The number of nitrogens with zero attached hydrogens (tertiary/aromatic N) is 2. The Hall–Kier alpha value is -2.35. The number of hydrogen-bond donors (Lipinski definition) is 0. The number of carbonyl (C=O) groups is 1. The molecule has 4 nitrogen and oxygen atoms in total. The zero-order valence-electron chi connectivity index (χ0n) is 10.9. The first-order chi connectivity index (χ1) is 9.12. The van der Waals surface area contributed by atoms with Crippen LogP contribution in [0.4, 0.5) is 4.39 Å². The van der Waals surface area contributed by atoms with Gasteiger partial charge in [-0.15, -0.1) is 0 Å². The van der Waals surface area contributed by atoms with Crippen LogP contribution in [0.1, 0.15) is 12.5 Å². The predicted molar refractivity (Wildman–Crippen MR) is 69.9 cm³/mol. The molecule has 0 atom stereocenters. The number of rotatable bonds is 5. The third kappa shape index (κ3) is 4.11. The van der Waals surface area contributed by atoms with Crippen LogP contribution in [0.15, 0.2) is 24.3 Å². The van der Waals surface area contributed by atoms with Gasteiger partial charge < -0.3 is 9.64 Å². The fourth-order valence-electron chi connectivity index (χ4n) is 1.49. The number of carbonyl (C=O) groups excluding carboxylic acids is 1. The lowest BCUT2D eigenvalue weighted by Crippen LogP contribution is -2.29. The molecule has 0 aromatic heterocycles. The van der Waals surface area contributed by atoms with Crippen LogP contribution in [-0.2, 0) is 4.79 Å². The molecule has 1 rings (SSSR count). The predicted octanol–water partition coefficient (Wildman–Crippen LogP) is 2.22. The van der Waals surface area contributed by atoms with Crippen LogP contribution in [0.25, 0.3) is 6.08 Å². The van der Waals surface area contributed by atoms with Crippen LogP contribution in [0.2, 0.25) is 0 Å². The Morgan fingerprint density at radius 1 is 1.58 bits per heavy atom. The van der Waals surface area contributed by atoms with E-state index < -0.39 is 5.82 Å². The maximum atomic E-state index is 13.4. The number of hydrogen-bond acceptors (Lipinski definition) is 3. The summed E-state index contributed by atoms with van der Waals surface area (Å²) < 4.78 is 18.2. The van der Waals surface area contributed by atoms with Crippen molar-refractivity contribution in [2.75, 3.05) is 20.2 Å². The van der Waals surface area contributed by atoms with E-state index in [1.807, 2.05) is 6.07 Å². The van der Waals surface area contributed by atoms with Gasteiger partial charge in [0.25, 0.3) is 0 Å². The van der Waals surface area contributed by atoms with Crippen molar-refractivity contribution in [2.45, 2.75) is 6.92 Å². The molecule has 100 valence electrons. The minimum absolute atomic E-state index is 0.0383. The van der Waals surface area contributed by atoms with E-state index in [1.54, 1.807) is 13.0 Å². The van der Waals surface area contributed by atoms with Crippen molar-refractivity contribution < 1.29 is 13.9 Å². The van der Waals surface area contributed by atoms with Crippen LogP contribution in [0, 0.1) is 17.1 Å². The molecule has 0 saturated carbocycles. The highest BCUT2D eigenvalue weighted by Crippen LogP contribution is 2.18. The Morgan fingerprint density at radius 3 is 2.84 bits per heavy atom. The van der Waals surface area contributed by atoms with E-state index in [-0.39, 0.29) is 18.2 Å². The van der Waals surface area contributed by atoms with Gasteiger partial charge in [0.15, 0.2) is 11.6 Å². The molecular formula is C14H15FN2O2. The topological polar surface area (TPSA) is 53.3 Å². The highest BCUT2D eigenvalue weighted by atomic mass is 19.1. The second kappa shape index (κ2) is 7.17. The zero-order valence-corrected chi connectivity index (χ0v) is 10.9. The van der Waals surface area contributed by atoms with Crippen LogP contribution < -0.4 is 4.74 Å². The van der Waals surface area contributed by atoms with Gasteiger partial charge in [-0.05, 0) is 30.7 Å². The molecule has 0 saturated heterocycles. The first-order valence-electron chi connectivity index (χ1n) is 5.79. The van der Waals surface area contributed by atoms with Gasteiger partial charge in [0.2, 0.25) is 5.91 Å². The number of nitriles is 1. The van der Waals surface area contributed by atoms with E-state index in [0.717, 1.165) is 0 Å². The SMILES string of the molecule is CCN(CC#N)C(=O)/C=C/c1ccc(OC)c(F)c1. The number of amides is 1. The number of halogens is 1. The van der Waals surface area contributed by atoms with Gasteiger partial charge in [-0.3, -0.25) is 4.79 Å². The zero-order chi connectivity index (χ0) is 14.3. The molecule has 1 aromatic carbocycles. The largest absolute Gasteiger partial charge is 0.494 e. The average Bonchev–Trinajstić information content (AvgIpc) is 2.42. The molecule has 0 aliphatic rings. The molecule has 1 amide bonds. The minimum Gasteiger partial charge on any atom is -0.494 e. The summed E-state index contributed by atoms with van der Waals surface area (Å²) in [5.41, 5.74) is 0.555. The minimum atomic E-state index is -0.485. The molecule has 0 aliphatic heterocycles. The van der Waals surface area contributed by atoms with Crippen molar-refractivity contribution in [3.63, 3.8) is 0 Å². The van der Waals surface area contributed by atoms with Gasteiger partial charge in [0, 0.05) is 12.6 Å². The molecule has 0 unspecified atom stereocenters. The van der Waals surface area contributed by atoms with Gasteiger partial charge in [-0.2, -0.15) is 5.26 Å². The molecule has 19 heavy (non-hydrogen) atoms. The van der Waals surface area contributed by atoms with E-state index in [2.05, 4.69) is 0 Å². The van der Waals surface area contributed by atoms with Gasteiger partial charge in [-0.1, -0.05) is 6.07 Å². The summed E-state index contributed by atoms with van der Waals surface area (Å²) in [4.78, 5) is 13.1. The van der Waals surface area contributed by atoms with Crippen molar-refractivity contribution in [1.29, 1.82) is 5.26 Å². The lowest BCUT2D eigenvalue weighted by Gasteiger charge is -2.14. The quantitative estimate of drug-likeness (QED) is 0.604. The van der Waals surface area contributed by atoms with Crippen molar-refractivity contribution in [3.05, 3.63) is 35.7 Å². The first kappa shape index (κ1) is 14.7. The Labute approximate surface area is 111 Å². The lowest BCUT2D eigenvalue weighted by molar-refractivity contribution is -0.125. The molecule has 1 aromatic rings. The van der Waals surface area contributed by atoms with Gasteiger partial charge in [0.05, 0.1) is 13.2 Å². The van der Waals surface area contributed by atoms with E-state index in [9.17, 15) is 9.18 Å². The second-order valence-corrected chi connectivity index (χ2v) is 3.74. The monoisotopic (exact) mass is 262 g/mol. The summed E-state index contributed by atoms with van der Waals surface area (Å²) in [6.45, 7) is 2.28. The summed E-state index contributed by atoms with van der Waals surface area (Å²) >= 11 is 0. The van der Waals surface area contributed by atoms with Gasteiger partial charge in [-0.25, -0.2) is 4.39 Å². The molecule has 0 spiro atoms. The average molecular weight is 262 g/mol. The van der Waals surface area contributed by atoms with Crippen molar-refractivity contribution in [2.24, 2.45) is 0 Å². The van der Waals surface area contributed by atoms with Crippen LogP contribution in [0.3, 0.4) is 0 Å². The van der Waals surface area contributed by atoms with E-state index >= 15 is 0 Å². The molecule has 5 heteroatoms. The van der Waals surface area contributed by atoms with Crippen LogP contribution >= 0.6 is 0 Å². The fraction of sp³-hybridized carbons (Fsp3) is 0.286. The van der Waals surface area contributed by atoms with Gasteiger partial charge in [0.1, 0.15) is 6.54 Å². The highest BCUT2D eigenvalue weighted by Gasteiger charge is 2.07. The van der Waals surface area contributed by atoms with E-state index in [4.69, 9.17) is 10.00 Å². The Balaban J connectivity index is 2.79. The standard InChI is InChI=1S/C14H15FN2O2/c1-3-17(9-8-16)14(18)7-5-11-4-6-13(19-2)12(15)10-11/h4-7,10H,3,9H2,1-2H3/b7-5+. The smallest absolute Gasteiger partial charge is 0.247 e. The number of ether oxygens (including phenoxy) is 1. The lowest BCUT2D eigenvalue weighted by atomic mass is 10.2. The molecule has 0 radical (unpaired) electrons. The third-order valence-electron chi connectivity index (χ3n) is 2.55. The molecular weight excluding hydrogens is 247 g/mol. The van der Waals surface area contributed by atoms with Crippen molar-refractivity contribution in [3.8, 4) is 11.8 Å². The summed E-state index contributed by atoms with van der Waals surface area (Å²) in [5.74, 6) is -0.607. The Bertz CT molecular complexity index is 521. The van der Waals surface area contributed by atoms with E-state index in [0.29, 0.717) is 12.1 Å². The number of methoxy groups -OCH3 is 1. The maximum Gasteiger partial charge on any atom is 0.247 e. The maximum absolute atomic E-state index is 13.4. The summed E-state index contributed by atoms with van der Waals surface area (Å²) in [6, 6.07) is 6.34. The van der Waals surface area contributed by atoms with Crippen LogP contribution in [0.5, 0.6) is 5.75 Å². The summed E-state index contributed by atoms with van der Waals surface area (Å²) in [7, 11) is 1.39. The molecule has 0 N–H and O–H groups in total. The third-order valence-corrected chi connectivity index (χ3v) is 2.55. The molecule has 0 fully saturated rings. The van der Waals surface area contributed by atoms with Crippen molar-refractivity contribution in [1.82, 2.24) is 4.90 Å². The Kier molecular flexibility index (Phi) is 5.55. The van der Waals surface area contributed by atoms with Crippen LogP contribution in [-0.4, -0.2) is 31.0 Å². The van der Waals surface area contributed by atoms with E-state index in [1.165, 1.54) is 36.3 Å². The van der Waals surface area contributed by atoms with Gasteiger partial charge >= 0.3 is 0 Å². The Morgan fingerprint density at radius 2 is 2.32 bits per heavy atom.